The number of aryl methyl sites for hydroxylation is 1. The van der Waals surface area contributed by atoms with Crippen molar-refractivity contribution < 1.29 is 14.6 Å². The first-order chi connectivity index (χ1) is 10.1. The third-order valence-corrected chi connectivity index (χ3v) is 3.81. The molecule has 0 unspecified atom stereocenters. The van der Waals surface area contributed by atoms with Gasteiger partial charge in [-0.1, -0.05) is 19.9 Å². The van der Waals surface area contributed by atoms with Crippen LogP contribution in [0.25, 0.3) is 0 Å². The molecule has 0 fully saturated rings. The van der Waals surface area contributed by atoms with Crippen LogP contribution in [0.15, 0.2) is 18.2 Å². The average Bonchev–Trinajstić information content (AvgIpc) is 2.45. The van der Waals surface area contributed by atoms with Crippen molar-refractivity contribution in [2.75, 3.05) is 13.2 Å². The number of carbonyl (C=O) groups is 1. The van der Waals surface area contributed by atoms with Crippen molar-refractivity contribution in [3.8, 4) is 5.75 Å². The zero-order chi connectivity index (χ0) is 15.2. The molecule has 4 heteroatoms. The van der Waals surface area contributed by atoms with Gasteiger partial charge in [0, 0.05) is 6.54 Å². The highest BCUT2D eigenvalue weighted by atomic mass is 16.5. The van der Waals surface area contributed by atoms with Crippen LogP contribution in [0.4, 0.5) is 0 Å². The average molecular weight is 291 g/mol. The lowest BCUT2D eigenvalue weighted by Crippen LogP contribution is -2.30. The van der Waals surface area contributed by atoms with Crippen molar-refractivity contribution in [3.63, 3.8) is 0 Å². The second kappa shape index (κ2) is 7.46. The molecule has 1 aromatic carbocycles. The predicted molar refractivity (Wildman–Crippen MR) is 82.3 cm³/mol. The first-order valence-corrected chi connectivity index (χ1v) is 7.76. The molecule has 0 saturated carbocycles. The highest BCUT2D eigenvalue weighted by Gasteiger charge is 2.18. The Kier molecular flexibility index (Phi) is 5.62. The lowest BCUT2D eigenvalue weighted by molar-refractivity contribution is -0.123. The third-order valence-electron chi connectivity index (χ3n) is 3.81. The van der Waals surface area contributed by atoms with E-state index in [1.165, 1.54) is 5.56 Å². The summed E-state index contributed by atoms with van der Waals surface area (Å²) in [5.74, 6) is 1.12. The highest BCUT2D eigenvalue weighted by Crippen LogP contribution is 2.32. The molecule has 0 aromatic heterocycles. The molecule has 1 aromatic rings. The van der Waals surface area contributed by atoms with Gasteiger partial charge in [0.1, 0.15) is 5.75 Å². The summed E-state index contributed by atoms with van der Waals surface area (Å²) in [6, 6.07) is 5.72. The second-order valence-electron chi connectivity index (χ2n) is 6.09. The molecule has 21 heavy (non-hydrogen) atoms. The van der Waals surface area contributed by atoms with Crippen molar-refractivity contribution in [1.82, 2.24) is 5.32 Å². The summed E-state index contributed by atoms with van der Waals surface area (Å²) >= 11 is 0. The van der Waals surface area contributed by atoms with Gasteiger partial charge in [-0.05, 0) is 54.9 Å². The van der Waals surface area contributed by atoms with E-state index in [-0.39, 0.29) is 12.5 Å². The molecule has 0 spiro atoms. The standard InChI is InChI=1S/C17H25NO3/c1-12(2)8-9-18-17(20)11-21-14-7-6-13-4-3-5-16(19)15(13)10-14/h6-7,10,12,16,19H,3-5,8-9,11H2,1-2H3,(H,18,20)/t16-/m1/s1. The summed E-state index contributed by atoms with van der Waals surface area (Å²) < 4.78 is 5.52. The third kappa shape index (κ3) is 4.74. The Hall–Kier alpha value is -1.55. The number of fused-ring (bicyclic) bond motifs is 1. The number of nitrogens with one attached hydrogen (secondary N) is 1. The fourth-order valence-electron chi connectivity index (χ4n) is 2.54. The number of benzene rings is 1. The normalized spacial score (nSPS) is 17.4. The van der Waals surface area contributed by atoms with Crippen molar-refractivity contribution in [3.05, 3.63) is 29.3 Å². The van der Waals surface area contributed by atoms with Crippen LogP contribution in [0.2, 0.25) is 0 Å². The quantitative estimate of drug-likeness (QED) is 0.847. The Morgan fingerprint density at radius 2 is 2.29 bits per heavy atom. The van der Waals surface area contributed by atoms with Gasteiger partial charge in [0.05, 0.1) is 6.10 Å². The number of amides is 1. The highest BCUT2D eigenvalue weighted by molar-refractivity contribution is 5.77. The van der Waals surface area contributed by atoms with Crippen LogP contribution in [0, 0.1) is 5.92 Å². The molecule has 0 heterocycles. The lowest BCUT2D eigenvalue weighted by Gasteiger charge is -2.21. The Balaban J connectivity index is 1.83. The van der Waals surface area contributed by atoms with Crippen LogP contribution >= 0.6 is 0 Å². The smallest absolute Gasteiger partial charge is 0.257 e. The first-order valence-electron chi connectivity index (χ1n) is 7.76. The fraction of sp³-hybridized carbons (Fsp3) is 0.588. The summed E-state index contributed by atoms with van der Waals surface area (Å²) in [5.41, 5.74) is 2.13. The van der Waals surface area contributed by atoms with Crippen molar-refractivity contribution in [1.29, 1.82) is 0 Å². The van der Waals surface area contributed by atoms with Gasteiger partial charge < -0.3 is 15.2 Å². The minimum Gasteiger partial charge on any atom is -0.484 e. The molecule has 2 N–H and O–H groups in total. The number of rotatable bonds is 6. The maximum atomic E-state index is 11.7. The van der Waals surface area contributed by atoms with E-state index >= 15 is 0 Å². The molecule has 0 bridgehead atoms. The molecule has 2 rings (SSSR count). The summed E-state index contributed by atoms with van der Waals surface area (Å²) in [5, 5.41) is 12.8. The van der Waals surface area contributed by atoms with Crippen LogP contribution in [0.3, 0.4) is 0 Å². The number of ether oxygens (including phenoxy) is 1. The Morgan fingerprint density at radius 1 is 1.48 bits per heavy atom. The van der Waals surface area contributed by atoms with Gasteiger partial charge in [0.2, 0.25) is 0 Å². The van der Waals surface area contributed by atoms with E-state index in [9.17, 15) is 9.90 Å². The molecule has 1 atom stereocenters. The van der Waals surface area contributed by atoms with E-state index in [0.717, 1.165) is 31.2 Å². The van der Waals surface area contributed by atoms with Crippen LogP contribution in [-0.2, 0) is 11.2 Å². The van der Waals surface area contributed by atoms with Gasteiger partial charge in [-0.15, -0.1) is 0 Å². The van der Waals surface area contributed by atoms with E-state index < -0.39 is 6.10 Å². The Labute approximate surface area is 126 Å². The van der Waals surface area contributed by atoms with Gasteiger partial charge in [-0.3, -0.25) is 4.79 Å². The van der Waals surface area contributed by atoms with E-state index in [2.05, 4.69) is 19.2 Å². The summed E-state index contributed by atoms with van der Waals surface area (Å²) in [6.45, 7) is 4.96. The van der Waals surface area contributed by atoms with Crippen LogP contribution in [-0.4, -0.2) is 24.2 Å². The first kappa shape index (κ1) is 15.8. The van der Waals surface area contributed by atoms with E-state index in [1.807, 2.05) is 18.2 Å². The van der Waals surface area contributed by atoms with Crippen molar-refractivity contribution in [2.24, 2.45) is 5.92 Å². The number of aliphatic hydroxyl groups is 1. The fourth-order valence-corrected chi connectivity index (χ4v) is 2.54. The molecule has 1 aliphatic rings. The summed E-state index contributed by atoms with van der Waals surface area (Å²) in [6.07, 6.45) is 3.38. The molecular formula is C17H25NO3. The summed E-state index contributed by atoms with van der Waals surface area (Å²) in [7, 11) is 0. The lowest BCUT2D eigenvalue weighted by atomic mass is 9.89. The molecular weight excluding hydrogens is 266 g/mol. The SMILES string of the molecule is CC(C)CCNC(=O)COc1ccc2c(c1)[C@H](O)CCC2. The van der Waals surface area contributed by atoms with Gasteiger partial charge in [0.25, 0.3) is 5.91 Å². The molecule has 116 valence electrons. The molecule has 1 aliphatic carbocycles. The molecule has 0 aliphatic heterocycles. The largest absolute Gasteiger partial charge is 0.484 e. The van der Waals surface area contributed by atoms with Gasteiger partial charge in [0.15, 0.2) is 6.61 Å². The minimum atomic E-state index is -0.405. The topological polar surface area (TPSA) is 58.6 Å². The number of aliphatic hydroxyl groups excluding tert-OH is 1. The second-order valence-corrected chi connectivity index (χ2v) is 6.09. The summed E-state index contributed by atoms with van der Waals surface area (Å²) in [4.78, 5) is 11.7. The monoisotopic (exact) mass is 291 g/mol. The maximum absolute atomic E-state index is 11.7. The molecule has 0 radical (unpaired) electrons. The molecule has 0 saturated heterocycles. The van der Waals surface area contributed by atoms with Crippen molar-refractivity contribution in [2.45, 2.75) is 45.6 Å². The van der Waals surface area contributed by atoms with Gasteiger partial charge >= 0.3 is 0 Å². The zero-order valence-electron chi connectivity index (χ0n) is 12.9. The maximum Gasteiger partial charge on any atom is 0.257 e. The number of hydrogen-bond acceptors (Lipinski definition) is 3. The Bertz CT molecular complexity index is 485. The number of carbonyl (C=O) groups excluding carboxylic acids is 1. The zero-order valence-corrected chi connectivity index (χ0v) is 12.9. The van der Waals surface area contributed by atoms with E-state index in [1.54, 1.807) is 0 Å². The molecule has 4 nitrogen and oxygen atoms in total. The Morgan fingerprint density at radius 3 is 3.05 bits per heavy atom. The minimum absolute atomic E-state index is 0.0208. The number of hydrogen-bond donors (Lipinski definition) is 2. The van der Waals surface area contributed by atoms with Crippen LogP contribution < -0.4 is 10.1 Å². The van der Waals surface area contributed by atoms with E-state index in [4.69, 9.17) is 4.74 Å². The van der Waals surface area contributed by atoms with E-state index in [0.29, 0.717) is 18.2 Å². The van der Waals surface area contributed by atoms with Crippen LogP contribution in [0.1, 0.15) is 50.3 Å². The predicted octanol–water partition coefficient (Wildman–Crippen LogP) is 2.60. The van der Waals surface area contributed by atoms with Gasteiger partial charge in [-0.25, -0.2) is 0 Å². The van der Waals surface area contributed by atoms with Crippen molar-refractivity contribution >= 4 is 5.91 Å². The van der Waals surface area contributed by atoms with Gasteiger partial charge in [-0.2, -0.15) is 0 Å². The molecule has 1 amide bonds. The van der Waals surface area contributed by atoms with Crippen LogP contribution in [0.5, 0.6) is 5.75 Å².